The molecular formula is C13H15N3OS. The molecule has 18 heavy (non-hydrogen) atoms. The maximum Gasteiger partial charge on any atom is 0.124 e. The highest BCUT2D eigenvalue weighted by molar-refractivity contribution is 7.80. The van der Waals surface area contributed by atoms with Gasteiger partial charge in [0.15, 0.2) is 0 Å². The zero-order valence-electron chi connectivity index (χ0n) is 10.1. The first-order valence-electron chi connectivity index (χ1n) is 5.70. The van der Waals surface area contributed by atoms with E-state index in [4.69, 9.17) is 22.4 Å². The second-order valence-corrected chi connectivity index (χ2v) is 4.53. The van der Waals surface area contributed by atoms with Gasteiger partial charge in [-0.05, 0) is 31.2 Å². The van der Waals surface area contributed by atoms with Crippen molar-refractivity contribution in [3.8, 4) is 0 Å². The molecule has 0 fully saturated rings. The minimum atomic E-state index is 0.202. The van der Waals surface area contributed by atoms with Crippen LogP contribution in [0.1, 0.15) is 18.4 Å². The van der Waals surface area contributed by atoms with Gasteiger partial charge in [0.2, 0.25) is 0 Å². The molecule has 2 heterocycles. The molecule has 0 amide bonds. The van der Waals surface area contributed by atoms with Crippen molar-refractivity contribution in [2.75, 3.05) is 5.32 Å². The standard InChI is InChI=1S/C13H15N3OS/c1-9(8-10-4-3-7-17-10)16-11-5-2-6-15-12(11)13(14)18/h2-7,9,16H,8H2,1H3,(H2,14,18). The second-order valence-electron chi connectivity index (χ2n) is 4.09. The molecule has 0 aliphatic heterocycles. The minimum absolute atomic E-state index is 0.202. The highest BCUT2D eigenvalue weighted by Crippen LogP contribution is 2.15. The lowest BCUT2D eigenvalue weighted by Crippen LogP contribution is -2.22. The van der Waals surface area contributed by atoms with Gasteiger partial charge in [0, 0.05) is 18.7 Å². The molecule has 2 aromatic heterocycles. The Morgan fingerprint density at radius 2 is 2.33 bits per heavy atom. The van der Waals surface area contributed by atoms with Gasteiger partial charge in [-0.3, -0.25) is 4.98 Å². The van der Waals surface area contributed by atoms with Crippen molar-refractivity contribution >= 4 is 22.9 Å². The second kappa shape index (κ2) is 5.64. The topological polar surface area (TPSA) is 64.1 Å². The van der Waals surface area contributed by atoms with E-state index >= 15 is 0 Å². The zero-order valence-corrected chi connectivity index (χ0v) is 10.9. The normalized spacial score (nSPS) is 12.1. The molecule has 0 aliphatic carbocycles. The van der Waals surface area contributed by atoms with Crippen LogP contribution < -0.4 is 11.1 Å². The number of rotatable bonds is 5. The molecule has 4 nitrogen and oxygen atoms in total. The van der Waals surface area contributed by atoms with E-state index in [1.54, 1.807) is 12.5 Å². The van der Waals surface area contributed by atoms with Crippen molar-refractivity contribution < 1.29 is 4.42 Å². The monoisotopic (exact) mass is 261 g/mol. The summed E-state index contributed by atoms with van der Waals surface area (Å²) in [5, 5.41) is 3.34. The Kier molecular flexibility index (Phi) is 3.94. The van der Waals surface area contributed by atoms with E-state index in [0.717, 1.165) is 17.9 Å². The van der Waals surface area contributed by atoms with E-state index in [0.29, 0.717) is 10.7 Å². The van der Waals surface area contributed by atoms with Crippen LogP contribution in [0, 0.1) is 0 Å². The Labute approximate surface area is 111 Å². The van der Waals surface area contributed by atoms with E-state index in [1.807, 2.05) is 24.3 Å². The lowest BCUT2D eigenvalue weighted by molar-refractivity contribution is 0.498. The number of nitrogens with one attached hydrogen (secondary N) is 1. The molecule has 5 heteroatoms. The van der Waals surface area contributed by atoms with Gasteiger partial charge < -0.3 is 15.5 Å². The molecule has 0 saturated carbocycles. The fraction of sp³-hybridized carbons (Fsp3) is 0.231. The zero-order chi connectivity index (χ0) is 13.0. The minimum Gasteiger partial charge on any atom is -0.469 e. The average molecular weight is 261 g/mol. The fourth-order valence-corrected chi connectivity index (χ4v) is 1.93. The van der Waals surface area contributed by atoms with Gasteiger partial charge in [0.05, 0.1) is 12.0 Å². The summed E-state index contributed by atoms with van der Waals surface area (Å²) in [5.41, 5.74) is 7.11. The van der Waals surface area contributed by atoms with Crippen molar-refractivity contribution in [2.24, 2.45) is 5.73 Å². The fourth-order valence-electron chi connectivity index (χ4n) is 1.77. The number of nitrogens with two attached hydrogens (primary N) is 1. The van der Waals surface area contributed by atoms with Gasteiger partial charge >= 0.3 is 0 Å². The Hall–Kier alpha value is -1.88. The smallest absolute Gasteiger partial charge is 0.124 e. The van der Waals surface area contributed by atoms with Crippen molar-refractivity contribution in [3.63, 3.8) is 0 Å². The van der Waals surface area contributed by atoms with E-state index in [9.17, 15) is 0 Å². The van der Waals surface area contributed by atoms with Crippen LogP contribution in [0.15, 0.2) is 41.1 Å². The number of hydrogen-bond donors (Lipinski definition) is 2. The molecule has 2 aromatic rings. The van der Waals surface area contributed by atoms with E-state index < -0.39 is 0 Å². The molecule has 0 aromatic carbocycles. The Balaban J connectivity index is 2.07. The summed E-state index contributed by atoms with van der Waals surface area (Å²) in [6, 6.07) is 7.81. The number of pyridine rings is 1. The Morgan fingerprint density at radius 3 is 3.00 bits per heavy atom. The summed E-state index contributed by atoms with van der Waals surface area (Å²) in [6.07, 6.45) is 4.14. The molecule has 0 aliphatic rings. The number of thiocarbonyl (C=S) groups is 1. The molecule has 2 rings (SSSR count). The predicted octanol–water partition coefficient (Wildman–Crippen LogP) is 2.35. The summed E-state index contributed by atoms with van der Waals surface area (Å²) < 4.78 is 5.31. The lowest BCUT2D eigenvalue weighted by atomic mass is 10.1. The SMILES string of the molecule is CC(Cc1ccco1)Nc1cccnc1C(N)=S. The van der Waals surface area contributed by atoms with E-state index in [-0.39, 0.29) is 6.04 Å². The maximum atomic E-state index is 5.64. The van der Waals surface area contributed by atoms with Gasteiger partial charge in [-0.15, -0.1) is 0 Å². The maximum absolute atomic E-state index is 5.64. The van der Waals surface area contributed by atoms with Gasteiger partial charge in [-0.1, -0.05) is 12.2 Å². The van der Waals surface area contributed by atoms with Crippen LogP contribution in [-0.4, -0.2) is 16.0 Å². The van der Waals surface area contributed by atoms with Crippen molar-refractivity contribution in [1.29, 1.82) is 0 Å². The third-order valence-electron chi connectivity index (χ3n) is 2.53. The number of hydrogen-bond acceptors (Lipinski definition) is 4. The molecule has 1 atom stereocenters. The molecule has 0 bridgehead atoms. The van der Waals surface area contributed by atoms with Gasteiger partial charge in [0.1, 0.15) is 16.4 Å². The quantitative estimate of drug-likeness (QED) is 0.809. The van der Waals surface area contributed by atoms with Gasteiger partial charge in [0.25, 0.3) is 0 Å². The number of furan rings is 1. The number of anilines is 1. The Morgan fingerprint density at radius 1 is 1.50 bits per heavy atom. The number of nitrogens with zero attached hydrogens (tertiary/aromatic N) is 1. The Bertz CT molecular complexity index is 525. The van der Waals surface area contributed by atoms with Crippen molar-refractivity contribution in [1.82, 2.24) is 4.98 Å². The van der Waals surface area contributed by atoms with Gasteiger partial charge in [-0.2, -0.15) is 0 Å². The first-order chi connectivity index (χ1) is 8.66. The molecule has 0 spiro atoms. The van der Waals surface area contributed by atoms with Crippen molar-refractivity contribution in [2.45, 2.75) is 19.4 Å². The molecule has 1 unspecified atom stereocenters. The van der Waals surface area contributed by atoms with Gasteiger partial charge in [-0.25, -0.2) is 0 Å². The molecule has 3 N–H and O–H groups in total. The average Bonchev–Trinajstić information content (AvgIpc) is 2.82. The van der Waals surface area contributed by atoms with Crippen molar-refractivity contribution in [3.05, 3.63) is 48.2 Å². The summed E-state index contributed by atoms with van der Waals surface area (Å²) in [6.45, 7) is 2.07. The van der Waals surface area contributed by atoms with Crippen LogP contribution in [0.5, 0.6) is 0 Å². The third-order valence-corrected chi connectivity index (χ3v) is 2.72. The largest absolute Gasteiger partial charge is 0.469 e. The summed E-state index contributed by atoms with van der Waals surface area (Å²) in [5.74, 6) is 0.941. The first kappa shape index (κ1) is 12.6. The van der Waals surface area contributed by atoms with E-state index in [1.165, 1.54) is 0 Å². The first-order valence-corrected chi connectivity index (χ1v) is 6.11. The van der Waals surface area contributed by atoms with Crippen LogP contribution in [0.3, 0.4) is 0 Å². The summed E-state index contributed by atoms with van der Waals surface area (Å²) in [4.78, 5) is 4.47. The van der Waals surface area contributed by atoms with Crippen LogP contribution in [-0.2, 0) is 6.42 Å². The molecule has 0 saturated heterocycles. The highest BCUT2D eigenvalue weighted by Gasteiger charge is 2.10. The third kappa shape index (κ3) is 3.07. The number of aromatic nitrogens is 1. The van der Waals surface area contributed by atoms with Crippen LogP contribution >= 0.6 is 12.2 Å². The molecular weight excluding hydrogens is 246 g/mol. The predicted molar refractivity (Wildman–Crippen MR) is 75.6 cm³/mol. The van der Waals surface area contributed by atoms with Crippen LogP contribution in [0.25, 0.3) is 0 Å². The highest BCUT2D eigenvalue weighted by atomic mass is 32.1. The molecule has 94 valence electrons. The van der Waals surface area contributed by atoms with Crippen LogP contribution in [0.4, 0.5) is 5.69 Å². The van der Waals surface area contributed by atoms with Crippen LogP contribution in [0.2, 0.25) is 0 Å². The molecule has 0 radical (unpaired) electrons. The summed E-state index contributed by atoms with van der Waals surface area (Å²) in [7, 11) is 0. The summed E-state index contributed by atoms with van der Waals surface area (Å²) >= 11 is 4.98. The lowest BCUT2D eigenvalue weighted by Gasteiger charge is -2.16. The van der Waals surface area contributed by atoms with E-state index in [2.05, 4.69) is 17.2 Å².